The number of rotatable bonds is 14. The maximum absolute atomic E-state index is 5.82. The van der Waals surface area contributed by atoms with Gasteiger partial charge < -0.3 is 10.1 Å². The Labute approximate surface area is 137 Å². The molecule has 0 fully saturated rings. The van der Waals surface area contributed by atoms with Gasteiger partial charge in [0.15, 0.2) is 0 Å². The number of hydrogen-bond donors (Lipinski definition) is 1. The Kier molecular flexibility index (Phi) is 11.6. The molecule has 2 heteroatoms. The molecule has 126 valence electrons. The van der Waals surface area contributed by atoms with Crippen molar-refractivity contribution in [2.45, 2.75) is 78.1 Å². The van der Waals surface area contributed by atoms with Gasteiger partial charge in [-0.1, -0.05) is 71.3 Å². The number of hydrogen-bond acceptors (Lipinski definition) is 2. The molecule has 0 saturated heterocycles. The summed E-state index contributed by atoms with van der Waals surface area (Å²) in [6, 6.07) is 8.37. The number of unbranched alkanes of at least 4 members (excludes halogenated alkanes) is 8. The highest BCUT2D eigenvalue weighted by atomic mass is 16.5. The molecule has 1 rings (SSSR count). The summed E-state index contributed by atoms with van der Waals surface area (Å²) in [5, 5.41) is 3.51. The zero-order valence-corrected chi connectivity index (χ0v) is 14.7. The van der Waals surface area contributed by atoms with Gasteiger partial charge in [-0.15, -0.1) is 0 Å². The molecule has 22 heavy (non-hydrogen) atoms. The van der Waals surface area contributed by atoms with Crippen molar-refractivity contribution in [2.75, 3.05) is 18.5 Å². The Hall–Kier alpha value is -1.18. The molecule has 2 nitrogen and oxygen atoms in total. The van der Waals surface area contributed by atoms with Crippen LogP contribution in [0, 0.1) is 0 Å². The van der Waals surface area contributed by atoms with E-state index in [1.54, 1.807) is 0 Å². The van der Waals surface area contributed by atoms with Gasteiger partial charge >= 0.3 is 0 Å². The molecule has 0 aliphatic carbocycles. The van der Waals surface area contributed by atoms with E-state index < -0.39 is 0 Å². The minimum absolute atomic E-state index is 0.834. The average molecular weight is 306 g/mol. The normalized spacial score (nSPS) is 10.6. The second-order valence-corrected chi connectivity index (χ2v) is 6.13. The van der Waals surface area contributed by atoms with Crippen molar-refractivity contribution in [3.05, 3.63) is 24.3 Å². The second kappa shape index (κ2) is 13.5. The van der Waals surface area contributed by atoms with Crippen LogP contribution in [0.4, 0.5) is 5.69 Å². The molecule has 0 amide bonds. The summed E-state index contributed by atoms with van der Waals surface area (Å²) in [6.45, 7) is 6.40. The summed E-state index contributed by atoms with van der Waals surface area (Å²) in [5.41, 5.74) is 1.18. The Morgan fingerprint density at radius 1 is 0.818 bits per heavy atom. The highest BCUT2D eigenvalue weighted by Gasteiger charge is 1.97. The second-order valence-electron chi connectivity index (χ2n) is 6.13. The number of benzene rings is 1. The minimum Gasteiger partial charge on any atom is -0.494 e. The third-order valence-electron chi connectivity index (χ3n) is 3.96. The predicted molar refractivity (Wildman–Crippen MR) is 97.9 cm³/mol. The summed E-state index contributed by atoms with van der Waals surface area (Å²) in [5.74, 6) is 0.990. The molecule has 1 N–H and O–H groups in total. The number of nitrogens with one attached hydrogen (secondary N) is 1. The zero-order valence-electron chi connectivity index (χ0n) is 14.7. The molecule has 0 aliphatic heterocycles. The summed E-state index contributed by atoms with van der Waals surface area (Å²) in [4.78, 5) is 0. The fourth-order valence-corrected chi connectivity index (χ4v) is 2.55. The SMILES string of the molecule is CCCCCCCCNc1cccc(OCCCCCC)c1. The lowest BCUT2D eigenvalue weighted by Gasteiger charge is -2.10. The first-order valence-electron chi connectivity index (χ1n) is 9.33. The molecule has 1 aromatic rings. The van der Waals surface area contributed by atoms with Crippen LogP contribution in [0.3, 0.4) is 0 Å². The van der Waals surface area contributed by atoms with Crippen LogP contribution in [0.15, 0.2) is 24.3 Å². The van der Waals surface area contributed by atoms with E-state index in [1.807, 2.05) is 0 Å². The highest BCUT2D eigenvalue weighted by molar-refractivity contribution is 5.48. The van der Waals surface area contributed by atoms with Crippen molar-refractivity contribution in [1.82, 2.24) is 0 Å². The van der Waals surface area contributed by atoms with Crippen molar-refractivity contribution in [2.24, 2.45) is 0 Å². The topological polar surface area (TPSA) is 21.3 Å². The van der Waals surface area contributed by atoms with E-state index in [9.17, 15) is 0 Å². The fourth-order valence-electron chi connectivity index (χ4n) is 2.55. The van der Waals surface area contributed by atoms with Gasteiger partial charge in [0.1, 0.15) is 5.75 Å². The maximum atomic E-state index is 5.82. The summed E-state index contributed by atoms with van der Waals surface area (Å²) >= 11 is 0. The fraction of sp³-hybridized carbons (Fsp3) is 0.700. The monoisotopic (exact) mass is 305 g/mol. The number of anilines is 1. The molecule has 0 radical (unpaired) electrons. The van der Waals surface area contributed by atoms with E-state index in [0.29, 0.717) is 0 Å². The Morgan fingerprint density at radius 2 is 1.50 bits per heavy atom. The van der Waals surface area contributed by atoms with Gasteiger partial charge in [0, 0.05) is 18.3 Å². The quantitative estimate of drug-likeness (QED) is 0.400. The van der Waals surface area contributed by atoms with Gasteiger partial charge in [0.25, 0.3) is 0 Å². The molecule has 0 aliphatic rings. The van der Waals surface area contributed by atoms with Crippen LogP contribution in [-0.2, 0) is 0 Å². The van der Waals surface area contributed by atoms with Gasteiger partial charge in [0.2, 0.25) is 0 Å². The largest absolute Gasteiger partial charge is 0.494 e. The Morgan fingerprint density at radius 3 is 2.27 bits per heavy atom. The van der Waals surface area contributed by atoms with Crippen molar-refractivity contribution >= 4 is 5.69 Å². The van der Waals surface area contributed by atoms with Crippen LogP contribution in [0.5, 0.6) is 5.75 Å². The van der Waals surface area contributed by atoms with E-state index in [2.05, 4.69) is 43.4 Å². The molecule has 0 aromatic heterocycles. The van der Waals surface area contributed by atoms with E-state index in [1.165, 1.54) is 63.5 Å². The van der Waals surface area contributed by atoms with Crippen LogP contribution in [-0.4, -0.2) is 13.2 Å². The van der Waals surface area contributed by atoms with E-state index in [-0.39, 0.29) is 0 Å². The predicted octanol–water partition coefficient (Wildman–Crippen LogP) is 6.42. The zero-order chi connectivity index (χ0) is 15.9. The van der Waals surface area contributed by atoms with Crippen molar-refractivity contribution in [3.8, 4) is 5.75 Å². The molecule has 1 aromatic carbocycles. The molecule has 0 atom stereocenters. The molecular formula is C20H35NO. The Bertz CT molecular complexity index is 364. The number of ether oxygens (including phenoxy) is 1. The third-order valence-corrected chi connectivity index (χ3v) is 3.96. The van der Waals surface area contributed by atoms with Crippen LogP contribution in [0.1, 0.15) is 78.1 Å². The maximum Gasteiger partial charge on any atom is 0.121 e. The van der Waals surface area contributed by atoms with Gasteiger partial charge in [-0.05, 0) is 25.0 Å². The first-order chi connectivity index (χ1) is 10.9. The first-order valence-corrected chi connectivity index (χ1v) is 9.33. The lowest BCUT2D eigenvalue weighted by molar-refractivity contribution is 0.305. The van der Waals surface area contributed by atoms with Crippen molar-refractivity contribution < 1.29 is 4.74 Å². The third kappa shape index (κ3) is 9.70. The van der Waals surface area contributed by atoms with Crippen LogP contribution < -0.4 is 10.1 Å². The van der Waals surface area contributed by atoms with Gasteiger partial charge in [0.05, 0.1) is 6.61 Å². The van der Waals surface area contributed by atoms with Gasteiger partial charge in [-0.25, -0.2) is 0 Å². The highest BCUT2D eigenvalue weighted by Crippen LogP contribution is 2.18. The van der Waals surface area contributed by atoms with E-state index in [4.69, 9.17) is 4.74 Å². The molecule has 0 heterocycles. The standard InChI is InChI=1S/C20H35NO/c1-3-5-7-9-10-11-16-21-19-14-13-15-20(18-19)22-17-12-8-6-4-2/h13-15,18,21H,3-12,16-17H2,1-2H3. The van der Waals surface area contributed by atoms with E-state index >= 15 is 0 Å². The van der Waals surface area contributed by atoms with Crippen molar-refractivity contribution in [3.63, 3.8) is 0 Å². The smallest absolute Gasteiger partial charge is 0.121 e. The minimum atomic E-state index is 0.834. The Balaban J connectivity index is 2.12. The van der Waals surface area contributed by atoms with E-state index in [0.717, 1.165) is 25.3 Å². The van der Waals surface area contributed by atoms with Gasteiger partial charge in [-0.3, -0.25) is 0 Å². The van der Waals surface area contributed by atoms with Crippen molar-refractivity contribution in [1.29, 1.82) is 0 Å². The average Bonchev–Trinajstić information content (AvgIpc) is 2.54. The van der Waals surface area contributed by atoms with Crippen LogP contribution in [0.2, 0.25) is 0 Å². The molecular weight excluding hydrogens is 270 g/mol. The molecule has 0 saturated carbocycles. The molecule has 0 unspecified atom stereocenters. The first kappa shape index (κ1) is 18.9. The molecule has 0 spiro atoms. The lowest BCUT2D eigenvalue weighted by atomic mass is 10.1. The van der Waals surface area contributed by atoms with Crippen LogP contribution in [0.25, 0.3) is 0 Å². The van der Waals surface area contributed by atoms with Crippen LogP contribution >= 0.6 is 0 Å². The summed E-state index contributed by atoms with van der Waals surface area (Å²) in [6.07, 6.45) is 13.1. The molecule has 0 bridgehead atoms. The van der Waals surface area contributed by atoms with Gasteiger partial charge in [-0.2, -0.15) is 0 Å². The summed E-state index contributed by atoms with van der Waals surface area (Å²) in [7, 11) is 0. The summed E-state index contributed by atoms with van der Waals surface area (Å²) < 4.78 is 5.82. The lowest BCUT2D eigenvalue weighted by Crippen LogP contribution is -2.02.